The molecule has 0 aromatic rings. The fourth-order valence-corrected chi connectivity index (χ4v) is 0. The van der Waals surface area contributed by atoms with Crippen molar-refractivity contribution >= 4 is 76.5 Å². The number of hydrogen-bond acceptors (Lipinski definition) is 0. The van der Waals surface area contributed by atoms with E-state index in [2.05, 4.69) is 0 Å². The molecule has 0 aromatic heterocycles. The molecule has 0 aliphatic rings. The molecule has 0 aliphatic heterocycles. The summed E-state index contributed by atoms with van der Waals surface area (Å²) >= 11 is 0. The molecule has 0 amide bonds. The maximum absolute atomic E-state index is 0. The van der Waals surface area contributed by atoms with Crippen molar-refractivity contribution in [1.29, 1.82) is 0 Å². The van der Waals surface area contributed by atoms with Crippen LogP contribution in [0.5, 0.6) is 0 Å². The summed E-state index contributed by atoms with van der Waals surface area (Å²) in [5.74, 6) is 0. The fraction of sp³-hybridized carbons (Fsp3) is 0. The first-order chi connectivity index (χ1) is 0. The topological polar surface area (TPSA) is 0 Å². The zero-order chi connectivity index (χ0) is 0. The first-order valence-corrected chi connectivity index (χ1v) is 0. The molecule has 0 atom stereocenters. The molecule has 0 aliphatic carbocycles. The molecule has 46 valence electrons. The van der Waals surface area contributed by atoms with Gasteiger partial charge >= 0.3 is 76.5 Å². The van der Waals surface area contributed by atoms with Crippen LogP contribution in [-0.2, 0) is 66.7 Å². The van der Waals surface area contributed by atoms with Gasteiger partial charge in [0, 0.05) is 66.7 Å². The third kappa shape index (κ3) is 23.3. The van der Waals surface area contributed by atoms with Crippen LogP contribution in [-0.4, -0.2) is 76.5 Å². The van der Waals surface area contributed by atoms with Gasteiger partial charge in [0.05, 0.1) is 0 Å². The standard InChI is InChI=1S/Au.Bi.Cd.Cu.In.Sb.9H. The molecule has 0 spiro atoms. The van der Waals surface area contributed by atoms with Crippen molar-refractivity contribution in [2.45, 2.75) is 0 Å². The molecule has 6 heavy (non-hydrogen) atoms. The summed E-state index contributed by atoms with van der Waals surface area (Å²) in [5, 5.41) is 0. The van der Waals surface area contributed by atoms with E-state index >= 15 is 0 Å². The van der Waals surface area contributed by atoms with Gasteiger partial charge in [0.2, 0.25) is 0 Å². The Balaban J connectivity index is 0. The molecule has 0 nitrogen and oxygen atoms in total. The molecule has 0 N–H and O–H groups in total. The van der Waals surface area contributed by atoms with Crippen LogP contribution in [0.1, 0.15) is 0 Å². The van der Waals surface area contributed by atoms with E-state index in [9.17, 15) is 0 Å². The van der Waals surface area contributed by atoms with Crippen LogP contribution in [0.25, 0.3) is 0 Å². The van der Waals surface area contributed by atoms with Gasteiger partial charge in [0.1, 0.15) is 0 Å². The van der Waals surface area contributed by atoms with Crippen molar-refractivity contribution < 1.29 is 66.7 Å². The molecule has 0 rings (SSSR count). The van der Waals surface area contributed by atoms with Crippen LogP contribution in [0.2, 0.25) is 0 Å². The van der Waals surface area contributed by atoms with Crippen molar-refractivity contribution in [1.82, 2.24) is 0 Å². The molecule has 0 aromatic carbocycles. The van der Waals surface area contributed by atoms with Crippen LogP contribution in [0.3, 0.4) is 0 Å². The van der Waals surface area contributed by atoms with Crippen molar-refractivity contribution in [3.63, 3.8) is 0 Å². The van der Waals surface area contributed by atoms with Crippen molar-refractivity contribution in [2.75, 3.05) is 0 Å². The average Bonchev–Trinajstić information content (AvgIpc) is 0. The van der Waals surface area contributed by atoms with Crippen molar-refractivity contribution in [3.05, 3.63) is 0 Å². The first kappa shape index (κ1) is 45.3. The summed E-state index contributed by atoms with van der Waals surface area (Å²) in [6.07, 6.45) is 0. The molecule has 0 unspecified atom stereocenters. The Morgan fingerprint density at radius 3 is 1.00 bits per heavy atom. The minimum absolute atomic E-state index is 0. The zero-order valence-corrected chi connectivity index (χ0v) is 19.4. The van der Waals surface area contributed by atoms with Crippen LogP contribution in [0.15, 0.2) is 0 Å². The van der Waals surface area contributed by atoms with E-state index in [1.807, 2.05) is 0 Å². The summed E-state index contributed by atoms with van der Waals surface area (Å²) in [6, 6.07) is 0. The number of rotatable bonds is 0. The molecule has 0 saturated heterocycles. The van der Waals surface area contributed by atoms with Crippen molar-refractivity contribution in [2.24, 2.45) is 0 Å². The number of hydrogen-bond donors (Lipinski definition) is 0. The predicted octanol–water partition coefficient (Wildman–Crippen LogP) is -3.56. The molecular weight excluding hydrogens is 818 g/mol. The summed E-state index contributed by atoms with van der Waals surface area (Å²) in [6.45, 7) is 0. The average molecular weight is 828 g/mol. The van der Waals surface area contributed by atoms with Crippen LogP contribution in [0.4, 0.5) is 0 Å². The van der Waals surface area contributed by atoms with E-state index < -0.39 is 0 Å². The SMILES string of the molecule is [Au].[BiH3].[Cd].[Cu].[InH3].[SbH3]. The molecule has 0 fully saturated rings. The molecule has 6 heteroatoms. The van der Waals surface area contributed by atoms with Crippen LogP contribution < -0.4 is 0 Å². The summed E-state index contributed by atoms with van der Waals surface area (Å²) in [4.78, 5) is 0. The van der Waals surface area contributed by atoms with Gasteiger partial charge in [0.25, 0.3) is 0 Å². The van der Waals surface area contributed by atoms with Gasteiger partial charge in [-0.15, -0.1) is 0 Å². The van der Waals surface area contributed by atoms with Gasteiger partial charge < -0.3 is 0 Å². The van der Waals surface area contributed by atoms with Gasteiger partial charge in [-0.2, -0.15) is 0 Å². The minimum atomic E-state index is 0. The summed E-state index contributed by atoms with van der Waals surface area (Å²) in [5.41, 5.74) is 0. The molecule has 0 saturated carbocycles. The summed E-state index contributed by atoms with van der Waals surface area (Å²) < 4.78 is 0. The Hall–Kier alpha value is 4.75. The van der Waals surface area contributed by atoms with Gasteiger partial charge in [0.15, 0.2) is 0 Å². The summed E-state index contributed by atoms with van der Waals surface area (Å²) in [7, 11) is 0. The van der Waals surface area contributed by atoms with Gasteiger partial charge in [-0.3, -0.25) is 0 Å². The molecular formula is H9AuBiCdCuInSb. The second-order valence-electron chi connectivity index (χ2n) is 0. The predicted molar refractivity (Wildman–Crippen MR) is 29.8 cm³/mol. The monoisotopic (exact) mass is 828 g/mol. The quantitative estimate of drug-likeness (QED) is 0.223. The third-order valence-corrected chi connectivity index (χ3v) is 0. The van der Waals surface area contributed by atoms with E-state index in [4.69, 9.17) is 0 Å². The molecule has 0 heterocycles. The first-order valence-electron chi connectivity index (χ1n) is 0. The van der Waals surface area contributed by atoms with Gasteiger partial charge in [-0.1, -0.05) is 0 Å². The Morgan fingerprint density at radius 2 is 1.00 bits per heavy atom. The van der Waals surface area contributed by atoms with E-state index in [1.54, 1.807) is 0 Å². The fourth-order valence-electron chi connectivity index (χ4n) is 0. The molecule has 0 bridgehead atoms. The Kier molecular flexibility index (Phi) is 250. The Labute approximate surface area is 140 Å². The Morgan fingerprint density at radius 1 is 1.00 bits per heavy atom. The zero-order valence-electron chi connectivity index (χ0n) is 2.72. The second-order valence-corrected chi connectivity index (χ2v) is 0. The maximum atomic E-state index is 0. The van der Waals surface area contributed by atoms with E-state index in [-0.39, 0.29) is 143 Å². The van der Waals surface area contributed by atoms with E-state index in [1.165, 1.54) is 0 Å². The van der Waals surface area contributed by atoms with E-state index in [0.29, 0.717) is 0 Å². The van der Waals surface area contributed by atoms with Crippen LogP contribution >= 0.6 is 0 Å². The Bertz CT molecular complexity index is 15.5. The normalized spacial score (nSPS) is 0. The van der Waals surface area contributed by atoms with Gasteiger partial charge in [-0.25, -0.2) is 0 Å². The van der Waals surface area contributed by atoms with Crippen molar-refractivity contribution in [3.8, 4) is 0 Å². The van der Waals surface area contributed by atoms with Crippen LogP contribution in [0, 0.1) is 0 Å². The van der Waals surface area contributed by atoms with Gasteiger partial charge in [-0.05, 0) is 0 Å². The van der Waals surface area contributed by atoms with E-state index in [0.717, 1.165) is 0 Å². The molecule has 2 radical (unpaired) electrons. The second kappa shape index (κ2) is 33.1. The third-order valence-electron chi connectivity index (χ3n) is 0.